The highest BCUT2D eigenvalue weighted by Crippen LogP contribution is 2.20. The van der Waals surface area contributed by atoms with Crippen molar-refractivity contribution in [2.24, 2.45) is 5.92 Å². The first-order valence-electron chi connectivity index (χ1n) is 8.80. The Morgan fingerprint density at radius 1 is 1.14 bits per heavy atom. The van der Waals surface area contributed by atoms with Crippen molar-refractivity contribution in [2.45, 2.75) is 23.9 Å². The molecule has 0 atom stereocenters. The Morgan fingerprint density at radius 2 is 1.86 bits per heavy atom. The Labute approximate surface area is 168 Å². The molecular weight excluding hydrogens is 396 g/mol. The van der Waals surface area contributed by atoms with Gasteiger partial charge in [0.25, 0.3) is 0 Å². The van der Waals surface area contributed by atoms with E-state index >= 15 is 0 Å². The van der Waals surface area contributed by atoms with Crippen molar-refractivity contribution in [1.82, 2.24) is 14.7 Å². The van der Waals surface area contributed by atoms with Crippen LogP contribution >= 0.6 is 11.8 Å². The Hall–Kier alpha value is -2.36. The lowest BCUT2D eigenvalue weighted by molar-refractivity contribution is -0.113. The zero-order valence-electron chi connectivity index (χ0n) is 15.6. The molecule has 148 valence electrons. The minimum Gasteiger partial charge on any atom is -0.333 e. The molecule has 0 radical (unpaired) electrons. The number of carbonyl (C=O) groups is 1. The molecule has 1 aromatic heterocycles. The maximum atomic E-state index is 12.2. The molecular formula is C19H22N4O3S2. The first-order chi connectivity index (χ1) is 13.3. The molecule has 0 saturated heterocycles. The highest BCUT2D eigenvalue weighted by Gasteiger charge is 2.14. The average molecular weight is 419 g/mol. The quantitative estimate of drug-likeness (QED) is 0.487. The molecule has 0 bridgehead atoms. The monoisotopic (exact) mass is 418 g/mol. The van der Waals surface area contributed by atoms with Gasteiger partial charge in [-0.15, -0.1) is 0 Å². The van der Waals surface area contributed by atoms with E-state index in [1.807, 2.05) is 38.1 Å². The molecule has 0 saturated carbocycles. The van der Waals surface area contributed by atoms with Crippen LogP contribution in [0.5, 0.6) is 0 Å². The van der Waals surface area contributed by atoms with Gasteiger partial charge in [0.05, 0.1) is 21.7 Å². The summed E-state index contributed by atoms with van der Waals surface area (Å²) in [6, 6.07) is 13.8. The summed E-state index contributed by atoms with van der Waals surface area (Å²) in [6.07, 6.45) is 0. The van der Waals surface area contributed by atoms with Gasteiger partial charge in [0.2, 0.25) is 15.9 Å². The molecule has 0 aliphatic heterocycles. The predicted octanol–water partition coefficient (Wildman–Crippen LogP) is 3.23. The van der Waals surface area contributed by atoms with Crippen molar-refractivity contribution in [3.63, 3.8) is 0 Å². The fourth-order valence-corrected chi connectivity index (χ4v) is 4.30. The SMILES string of the molecule is CC(C)CNS(=O)(=O)c1ccc(NC(=O)CSc2nc3ccccc3[nH]2)cc1. The number of sulfonamides is 1. The van der Waals surface area contributed by atoms with E-state index in [1.54, 1.807) is 12.1 Å². The number of hydrogen-bond donors (Lipinski definition) is 3. The Bertz CT molecular complexity index is 1030. The predicted molar refractivity (Wildman–Crippen MR) is 112 cm³/mol. The zero-order chi connectivity index (χ0) is 20.1. The van der Waals surface area contributed by atoms with E-state index in [0.717, 1.165) is 11.0 Å². The third kappa shape index (κ3) is 5.34. The number of thioether (sulfide) groups is 1. The number of para-hydroxylation sites is 2. The number of imidazole rings is 1. The van der Waals surface area contributed by atoms with Crippen molar-refractivity contribution in [1.29, 1.82) is 0 Å². The fourth-order valence-electron chi connectivity index (χ4n) is 2.41. The van der Waals surface area contributed by atoms with Gasteiger partial charge < -0.3 is 10.3 Å². The van der Waals surface area contributed by atoms with Crippen molar-refractivity contribution in [2.75, 3.05) is 17.6 Å². The number of aromatic nitrogens is 2. The highest BCUT2D eigenvalue weighted by atomic mass is 32.2. The lowest BCUT2D eigenvalue weighted by Gasteiger charge is -2.10. The standard InChI is InChI=1S/C19H22N4O3S2/c1-13(2)11-20-28(25,26)15-9-7-14(8-10-15)21-18(24)12-27-19-22-16-5-3-4-6-17(16)23-19/h3-10,13,20H,11-12H2,1-2H3,(H,21,24)(H,22,23). The summed E-state index contributed by atoms with van der Waals surface area (Å²) in [6.45, 7) is 4.24. The number of anilines is 1. The zero-order valence-corrected chi connectivity index (χ0v) is 17.2. The van der Waals surface area contributed by atoms with Crippen LogP contribution in [-0.2, 0) is 14.8 Å². The molecule has 1 heterocycles. The fraction of sp³-hybridized carbons (Fsp3) is 0.263. The molecule has 28 heavy (non-hydrogen) atoms. The summed E-state index contributed by atoms with van der Waals surface area (Å²) < 4.78 is 26.9. The van der Waals surface area contributed by atoms with Gasteiger partial charge >= 0.3 is 0 Å². The van der Waals surface area contributed by atoms with Crippen molar-refractivity contribution >= 4 is 44.4 Å². The van der Waals surface area contributed by atoms with E-state index in [4.69, 9.17) is 0 Å². The number of aromatic amines is 1. The van der Waals surface area contributed by atoms with Gasteiger partial charge in [-0.2, -0.15) is 0 Å². The summed E-state index contributed by atoms with van der Waals surface area (Å²) in [4.78, 5) is 19.9. The maximum absolute atomic E-state index is 12.2. The number of hydrogen-bond acceptors (Lipinski definition) is 5. The van der Waals surface area contributed by atoms with E-state index < -0.39 is 10.0 Å². The van der Waals surface area contributed by atoms with E-state index in [-0.39, 0.29) is 22.5 Å². The van der Waals surface area contributed by atoms with Gasteiger partial charge in [-0.3, -0.25) is 4.79 Å². The van der Waals surface area contributed by atoms with Crippen LogP contribution in [0.25, 0.3) is 11.0 Å². The third-order valence-electron chi connectivity index (χ3n) is 3.84. The Balaban J connectivity index is 1.55. The number of H-pyrrole nitrogens is 1. The number of carbonyl (C=O) groups excluding carboxylic acids is 1. The molecule has 3 aromatic rings. The Morgan fingerprint density at radius 3 is 2.54 bits per heavy atom. The van der Waals surface area contributed by atoms with Crippen molar-refractivity contribution < 1.29 is 13.2 Å². The molecule has 2 aromatic carbocycles. The van der Waals surface area contributed by atoms with Crippen LogP contribution in [0.4, 0.5) is 5.69 Å². The minimum atomic E-state index is -3.54. The number of benzene rings is 2. The molecule has 0 aliphatic rings. The molecule has 0 spiro atoms. The summed E-state index contributed by atoms with van der Waals surface area (Å²) in [5.74, 6) is 0.215. The van der Waals surface area contributed by atoms with Crippen LogP contribution in [0, 0.1) is 5.92 Å². The smallest absolute Gasteiger partial charge is 0.240 e. The Kier molecular flexibility index (Phi) is 6.38. The number of rotatable bonds is 8. The van der Waals surface area contributed by atoms with E-state index in [2.05, 4.69) is 20.0 Å². The maximum Gasteiger partial charge on any atom is 0.240 e. The van der Waals surface area contributed by atoms with Gasteiger partial charge in [0, 0.05) is 12.2 Å². The topological polar surface area (TPSA) is 104 Å². The van der Waals surface area contributed by atoms with E-state index in [9.17, 15) is 13.2 Å². The lowest BCUT2D eigenvalue weighted by Crippen LogP contribution is -2.27. The molecule has 9 heteroatoms. The van der Waals surface area contributed by atoms with Crippen molar-refractivity contribution in [3.05, 3.63) is 48.5 Å². The number of fused-ring (bicyclic) bond motifs is 1. The molecule has 0 unspecified atom stereocenters. The van der Waals surface area contributed by atoms with Crippen LogP contribution < -0.4 is 10.0 Å². The van der Waals surface area contributed by atoms with Gasteiger partial charge in [0.1, 0.15) is 0 Å². The molecule has 3 rings (SSSR count). The van der Waals surface area contributed by atoms with Crippen LogP contribution in [0.2, 0.25) is 0 Å². The van der Waals surface area contributed by atoms with E-state index in [1.165, 1.54) is 23.9 Å². The molecule has 3 N–H and O–H groups in total. The minimum absolute atomic E-state index is 0.169. The largest absolute Gasteiger partial charge is 0.333 e. The number of amides is 1. The van der Waals surface area contributed by atoms with Gasteiger partial charge in [-0.1, -0.05) is 37.7 Å². The summed E-state index contributed by atoms with van der Waals surface area (Å²) in [5.41, 5.74) is 2.32. The van der Waals surface area contributed by atoms with Gasteiger partial charge in [-0.05, 0) is 42.3 Å². The summed E-state index contributed by atoms with van der Waals surface area (Å²) in [7, 11) is -3.54. The van der Waals surface area contributed by atoms with Gasteiger partial charge in [-0.25, -0.2) is 18.1 Å². The van der Waals surface area contributed by atoms with Crippen LogP contribution in [0.15, 0.2) is 58.6 Å². The first kappa shape index (κ1) is 20.4. The molecule has 7 nitrogen and oxygen atoms in total. The second kappa shape index (κ2) is 8.76. The summed E-state index contributed by atoms with van der Waals surface area (Å²) >= 11 is 1.31. The molecule has 1 amide bonds. The highest BCUT2D eigenvalue weighted by molar-refractivity contribution is 7.99. The number of nitrogens with one attached hydrogen (secondary N) is 3. The molecule has 0 fully saturated rings. The van der Waals surface area contributed by atoms with Crippen LogP contribution in [-0.4, -0.2) is 36.6 Å². The third-order valence-corrected chi connectivity index (χ3v) is 6.15. The second-order valence-corrected chi connectivity index (χ2v) is 9.40. The molecule has 0 aliphatic carbocycles. The number of nitrogens with zero attached hydrogens (tertiary/aromatic N) is 1. The average Bonchev–Trinajstić information content (AvgIpc) is 3.08. The van der Waals surface area contributed by atoms with E-state index in [0.29, 0.717) is 17.4 Å². The summed E-state index contributed by atoms with van der Waals surface area (Å²) in [5, 5.41) is 3.43. The lowest BCUT2D eigenvalue weighted by atomic mass is 10.2. The van der Waals surface area contributed by atoms with Crippen LogP contribution in [0.3, 0.4) is 0 Å². The first-order valence-corrected chi connectivity index (χ1v) is 11.3. The second-order valence-electron chi connectivity index (χ2n) is 6.67. The van der Waals surface area contributed by atoms with Crippen molar-refractivity contribution in [3.8, 4) is 0 Å². The normalized spacial score (nSPS) is 11.8. The van der Waals surface area contributed by atoms with Crippen LogP contribution in [0.1, 0.15) is 13.8 Å². The van der Waals surface area contributed by atoms with Gasteiger partial charge in [0.15, 0.2) is 5.16 Å².